The van der Waals surface area contributed by atoms with Crippen LogP contribution in [0.2, 0.25) is 0 Å². The maximum absolute atomic E-state index is 5.43. The van der Waals surface area contributed by atoms with Crippen molar-refractivity contribution in [1.82, 2.24) is 9.88 Å². The number of H-pyrrole nitrogens is 1. The second-order valence-corrected chi connectivity index (χ2v) is 7.76. The van der Waals surface area contributed by atoms with Crippen molar-refractivity contribution in [3.63, 3.8) is 0 Å². The maximum atomic E-state index is 5.43. The van der Waals surface area contributed by atoms with E-state index in [-0.39, 0.29) is 6.04 Å². The second-order valence-electron chi connectivity index (χ2n) is 7.76. The molecule has 0 saturated carbocycles. The Morgan fingerprint density at radius 2 is 1.47 bits per heavy atom. The van der Waals surface area contributed by atoms with Crippen LogP contribution in [-0.4, -0.2) is 43.2 Å². The van der Waals surface area contributed by atoms with Gasteiger partial charge in [0.05, 0.1) is 25.0 Å². The molecule has 1 radical (unpaired) electrons. The lowest BCUT2D eigenvalue weighted by atomic mass is 9.96. The number of aromatic amines is 1. The molecule has 0 bridgehead atoms. The fourth-order valence-corrected chi connectivity index (χ4v) is 4.49. The van der Waals surface area contributed by atoms with E-state index >= 15 is 0 Å². The van der Waals surface area contributed by atoms with E-state index in [0.29, 0.717) is 0 Å². The monoisotopic (exact) mass is 396 g/mol. The molecule has 3 aromatic carbocycles. The van der Waals surface area contributed by atoms with Crippen molar-refractivity contribution in [2.45, 2.75) is 6.04 Å². The summed E-state index contributed by atoms with van der Waals surface area (Å²) >= 11 is 0. The molecule has 1 saturated heterocycles. The van der Waals surface area contributed by atoms with Gasteiger partial charge in [-0.25, -0.2) is 0 Å². The van der Waals surface area contributed by atoms with Crippen LogP contribution in [0.5, 0.6) is 5.75 Å². The predicted octanol–water partition coefficient (Wildman–Crippen LogP) is 4.89. The summed E-state index contributed by atoms with van der Waals surface area (Å²) in [6, 6.07) is 28.1. The van der Waals surface area contributed by atoms with Gasteiger partial charge in [0.1, 0.15) is 5.75 Å². The first-order valence-corrected chi connectivity index (χ1v) is 10.5. The molecule has 4 heteroatoms. The lowest BCUT2D eigenvalue weighted by molar-refractivity contribution is 0.212. The number of ether oxygens (including phenoxy) is 1. The number of piperazine rings is 1. The number of hydrogen-bond donors (Lipinski definition) is 1. The van der Waals surface area contributed by atoms with E-state index in [1.807, 2.05) is 6.07 Å². The minimum absolute atomic E-state index is 0.279. The van der Waals surface area contributed by atoms with Crippen molar-refractivity contribution >= 4 is 16.6 Å². The van der Waals surface area contributed by atoms with Crippen LogP contribution >= 0.6 is 0 Å². The van der Waals surface area contributed by atoms with Crippen LogP contribution in [0.3, 0.4) is 0 Å². The van der Waals surface area contributed by atoms with Gasteiger partial charge in [-0.1, -0.05) is 60.7 Å². The number of rotatable bonds is 5. The SMILES string of the molecule is COc1ccc2[nH][c]c(N3CCN(C(c4ccccc4)c4ccccc4)CC3)c2c1. The first-order valence-electron chi connectivity index (χ1n) is 10.5. The van der Waals surface area contributed by atoms with Crippen LogP contribution in [0.15, 0.2) is 78.9 Å². The molecule has 1 aliphatic rings. The second kappa shape index (κ2) is 8.25. The first-order chi connectivity index (χ1) is 14.8. The van der Waals surface area contributed by atoms with Gasteiger partial charge >= 0.3 is 0 Å². The number of nitrogens with zero attached hydrogens (tertiary/aromatic N) is 2. The molecule has 30 heavy (non-hydrogen) atoms. The number of methoxy groups -OCH3 is 1. The molecule has 1 aromatic heterocycles. The van der Waals surface area contributed by atoms with Crippen LogP contribution in [0.4, 0.5) is 5.69 Å². The van der Waals surface area contributed by atoms with Crippen LogP contribution in [0.25, 0.3) is 10.9 Å². The maximum Gasteiger partial charge on any atom is 0.119 e. The van der Waals surface area contributed by atoms with Crippen molar-refractivity contribution in [2.75, 3.05) is 38.2 Å². The highest BCUT2D eigenvalue weighted by Gasteiger charge is 2.27. The molecule has 2 heterocycles. The zero-order chi connectivity index (χ0) is 20.3. The fraction of sp³-hybridized carbons (Fsp3) is 0.231. The molecular weight excluding hydrogens is 370 g/mol. The molecule has 151 valence electrons. The summed E-state index contributed by atoms with van der Waals surface area (Å²) < 4.78 is 5.43. The number of hydrogen-bond acceptors (Lipinski definition) is 3. The number of benzene rings is 3. The van der Waals surface area contributed by atoms with E-state index in [4.69, 9.17) is 4.74 Å². The molecule has 0 unspecified atom stereocenters. The Morgan fingerprint density at radius 3 is 2.07 bits per heavy atom. The molecule has 0 atom stereocenters. The van der Waals surface area contributed by atoms with Gasteiger partial charge in [-0.3, -0.25) is 4.90 Å². The van der Waals surface area contributed by atoms with Crippen LogP contribution in [-0.2, 0) is 0 Å². The Balaban J connectivity index is 1.39. The van der Waals surface area contributed by atoms with Crippen LogP contribution in [0.1, 0.15) is 17.2 Å². The Morgan fingerprint density at radius 1 is 0.833 bits per heavy atom. The van der Waals surface area contributed by atoms with Gasteiger partial charge in [-0.05, 0) is 29.3 Å². The Hall–Kier alpha value is -3.24. The Labute approximate surface area is 177 Å². The summed E-state index contributed by atoms with van der Waals surface area (Å²) in [5.41, 5.74) is 4.93. The summed E-state index contributed by atoms with van der Waals surface area (Å²) in [4.78, 5) is 8.31. The minimum atomic E-state index is 0.279. The lowest BCUT2D eigenvalue weighted by Gasteiger charge is -2.40. The molecule has 1 N–H and O–H groups in total. The van der Waals surface area contributed by atoms with Crippen LogP contribution in [0, 0.1) is 6.20 Å². The topological polar surface area (TPSA) is 31.5 Å². The lowest BCUT2D eigenvalue weighted by Crippen LogP contribution is -2.48. The molecule has 5 rings (SSSR count). The molecule has 0 spiro atoms. The van der Waals surface area contributed by atoms with Gasteiger partial charge in [0.2, 0.25) is 0 Å². The van der Waals surface area contributed by atoms with Crippen molar-refractivity contribution in [3.8, 4) is 5.75 Å². The Bertz CT molecular complexity index is 1060. The van der Waals surface area contributed by atoms with Gasteiger partial charge in [0.15, 0.2) is 0 Å². The van der Waals surface area contributed by atoms with Crippen LogP contribution < -0.4 is 9.64 Å². The van der Waals surface area contributed by atoms with Gasteiger partial charge in [0.25, 0.3) is 0 Å². The Kier molecular flexibility index (Phi) is 5.16. The fourth-order valence-electron chi connectivity index (χ4n) is 4.49. The van der Waals surface area contributed by atoms with Crippen molar-refractivity contribution in [2.24, 2.45) is 0 Å². The van der Waals surface area contributed by atoms with Gasteiger partial charge in [0, 0.05) is 37.1 Å². The van der Waals surface area contributed by atoms with Gasteiger partial charge < -0.3 is 14.6 Å². The molecular formula is C26H26N3O. The van der Waals surface area contributed by atoms with Crippen molar-refractivity contribution < 1.29 is 4.74 Å². The summed E-state index contributed by atoms with van der Waals surface area (Å²) in [6.45, 7) is 3.94. The normalized spacial score (nSPS) is 15.1. The standard InChI is InChI=1S/C26H26N3O/c1-30-22-12-13-24-23(18-22)25(19-27-24)28-14-16-29(17-15-28)26(20-8-4-2-5-9-20)21-10-6-3-7-11-21/h2-13,18,26-27H,14-17H2,1H3. The van der Waals surface area contributed by atoms with Crippen molar-refractivity contribution in [1.29, 1.82) is 0 Å². The molecule has 0 amide bonds. The van der Waals surface area contributed by atoms with Crippen molar-refractivity contribution in [3.05, 3.63) is 96.2 Å². The third kappa shape index (κ3) is 3.55. The highest BCUT2D eigenvalue weighted by molar-refractivity contribution is 5.93. The van der Waals surface area contributed by atoms with Gasteiger partial charge in [-0.2, -0.15) is 0 Å². The summed E-state index contributed by atoms with van der Waals surface area (Å²) in [5.74, 6) is 0.878. The highest BCUT2D eigenvalue weighted by Crippen LogP contribution is 2.33. The third-order valence-corrected chi connectivity index (χ3v) is 6.02. The average molecular weight is 397 g/mol. The largest absolute Gasteiger partial charge is 0.497 e. The molecule has 1 fully saturated rings. The van der Waals surface area contributed by atoms with E-state index in [0.717, 1.165) is 43.1 Å². The average Bonchev–Trinajstić information content (AvgIpc) is 3.24. The van der Waals surface area contributed by atoms with E-state index in [1.54, 1.807) is 7.11 Å². The molecule has 4 nitrogen and oxygen atoms in total. The van der Waals surface area contributed by atoms with E-state index in [9.17, 15) is 0 Å². The molecule has 4 aromatic rings. The van der Waals surface area contributed by atoms with E-state index < -0.39 is 0 Å². The first kappa shape index (κ1) is 18.8. The van der Waals surface area contributed by atoms with E-state index in [1.165, 1.54) is 16.5 Å². The predicted molar refractivity (Wildman–Crippen MR) is 122 cm³/mol. The minimum Gasteiger partial charge on any atom is -0.497 e. The summed E-state index contributed by atoms with van der Waals surface area (Å²) in [6.07, 6.45) is 3.37. The summed E-state index contributed by atoms with van der Waals surface area (Å²) in [7, 11) is 1.71. The number of aromatic nitrogens is 1. The number of fused-ring (bicyclic) bond motifs is 1. The van der Waals surface area contributed by atoms with E-state index in [2.05, 4.69) is 93.8 Å². The molecule has 0 aliphatic carbocycles. The number of nitrogens with one attached hydrogen (secondary N) is 1. The zero-order valence-corrected chi connectivity index (χ0v) is 17.2. The quantitative estimate of drug-likeness (QED) is 0.521. The summed E-state index contributed by atoms with van der Waals surface area (Å²) in [5, 5.41) is 1.17. The smallest absolute Gasteiger partial charge is 0.119 e. The van der Waals surface area contributed by atoms with Gasteiger partial charge in [-0.15, -0.1) is 0 Å². The third-order valence-electron chi connectivity index (χ3n) is 6.02. The molecule has 1 aliphatic heterocycles. The number of anilines is 1. The zero-order valence-electron chi connectivity index (χ0n) is 17.2. The highest BCUT2D eigenvalue weighted by atomic mass is 16.5.